The van der Waals surface area contributed by atoms with Crippen LogP contribution in [0, 0.1) is 23.7 Å². The van der Waals surface area contributed by atoms with E-state index in [9.17, 15) is 9.59 Å². The molecule has 0 fully saturated rings. The summed E-state index contributed by atoms with van der Waals surface area (Å²) in [6, 6.07) is 14.8. The van der Waals surface area contributed by atoms with Gasteiger partial charge in [-0.2, -0.15) is 0 Å². The third-order valence-corrected chi connectivity index (χ3v) is 6.10. The predicted molar refractivity (Wildman–Crippen MR) is 126 cm³/mol. The number of nitrogens with zero attached hydrogens (tertiary/aromatic N) is 1. The van der Waals surface area contributed by atoms with Crippen LogP contribution in [0.5, 0.6) is 5.75 Å². The van der Waals surface area contributed by atoms with Crippen LogP contribution in [0.4, 0.5) is 5.82 Å². The Morgan fingerprint density at radius 2 is 1.84 bits per heavy atom. The summed E-state index contributed by atoms with van der Waals surface area (Å²) in [6.45, 7) is 7.07. The molecule has 3 rings (SSSR count). The Morgan fingerprint density at radius 1 is 1.09 bits per heavy atom. The third-order valence-electron chi connectivity index (χ3n) is 6.10. The van der Waals surface area contributed by atoms with Gasteiger partial charge in [0.25, 0.3) is 5.91 Å². The Bertz CT molecular complexity index is 912. The first-order chi connectivity index (χ1) is 15.4. The first-order valence-corrected chi connectivity index (χ1v) is 11.3. The Morgan fingerprint density at radius 3 is 2.53 bits per heavy atom. The summed E-state index contributed by atoms with van der Waals surface area (Å²) in [4.78, 5) is 29.0. The smallest absolute Gasteiger partial charge is 0.257 e. The van der Waals surface area contributed by atoms with Gasteiger partial charge >= 0.3 is 0 Å². The maximum Gasteiger partial charge on any atom is 0.257 e. The van der Waals surface area contributed by atoms with Crippen molar-refractivity contribution in [2.24, 2.45) is 23.7 Å². The number of carbonyl (C=O) groups is 2. The van der Waals surface area contributed by atoms with Gasteiger partial charge in [0.15, 0.2) is 6.61 Å². The maximum absolute atomic E-state index is 12.5. The maximum atomic E-state index is 12.5. The highest BCUT2D eigenvalue weighted by atomic mass is 16.5. The molecular weight excluding hydrogens is 402 g/mol. The van der Waals surface area contributed by atoms with Gasteiger partial charge in [-0.1, -0.05) is 49.8 Å². The fourth-order valence-electron chi connectivity index (χ4n) is 4.31. The van der Waals surface area contributed by atoms with Crippen molar-refractivity contribution < 1.29 is 14.3 Å². The molecule has 0 bridgehead atoms. The van der Waals surface area contributed by atoms with Crippen molar-refractivity contribution in [2.75, 3.05) is 18.5 Å². The molecule has 6 heteroatoms. The van der Waals surface area contributed by atoms with Crippen molar-refractivity contribution in [1.82, 2.24) is 10.3 Å². The lowest BCUT2D eigenvalue weighted by Crippen LogP contribution is -2.38. The number of pyridine rings is 1. The molecule has 1 heterocycles. The molecule has 6 nitrogen and oxygen atoms in total. The van der Waals surface area contributed by atoms with Gasteiger partial charge in [-0.05, 0) is 61.3 Å². The molecule has 0 saturated heterocycles. The van der Waals surface area contributed by atoms with Gasteiger partial charge in [-0.15, -0.1) is 0 Å². The van der Waals surface area contributed by atoms with Crippen molar-refractivity contribution in [3.05, 3.63) is 66.4 Å². The summed E-state index contributed by atoms with van der Waals surface area (Å²) in [5.74, 6) is 2.39. The second kappa shape index (κ2) is 11.5. The van der Waals surface area contributed by atoms with Crippen molar-refractivity contribution in [1.29, 1.82) is 0 Å². The van der Waals surface area contributed by atoms with Gasteiger partial charge < -0.3 is 15.4 Å². The molecule has 1 aromatic heterocycles. The van der Waals surface area contributed by atoms with E-state index < -0.39 is 0 Å². The fourth-order valence-corrected chi connectivity index (χ4v) is 4.31. The van der Waals surface area contributed by atoms with E-state index in [4.69, 9.17) is 4.74 Å². The average Bonchev–Trinajstić information content (AvgIpc) is 2.79. The van der Waals surface area contributed by atoms with Crippen LogP contribution in [0.25, 0.3) is 0 Å². The van der Waals surface area contributed by atoms with Crippen molar-refractivity contribution in [2.45, 2.75) is 33.6 Å². The lowest BCUT2D eigenvalue weighted by molar-refractivity contribution is -0.123. The molecule has 0 saturated carbocycles. The summed E-state index contributed by atoms with van der Waals surface area (Å²) in [5, 5.41) is 5.90. The summed E-state index contributed by atoms with van der Waals surface area (Å²) in [6.07, 6.45) is 5.27. The zero-order valence-corrected chi connectivity index (χ0v) is 19.1. The monoisotopic (exact) mass is 435 g/mol. The molecule has 1 aromatic carbocycles. The summed E-state index contributed by atoms with van der Waals surface area (Å²) in [5.41, 5.74) is 1.21. The number of aromatic nitrogens is 1. The Hall–Kier alpha value is -3.15. The van der Waals surface area contributed by atoms with Gasteiger partial charge in [0.2, 0.25) is 5.91 Å². The minimum atomic E-state index is -0.126. The highest BCUT2D eigenvalue weighted by Gasteiger charge is 2.32. The van der Waals surface area contributed by atoms with Crippen molar-refractivity contribution in [3.8, 4) is 5.75 Å². The lowest BCUT2D eigenvalue weighted by Gasteiger charge is -2.37. The number of anilines is 1. The second-order valence-electron chi connectivity index (χ2n) is 8.79. The van der Waals surface area contributed by atoms with Crippen LogP contribution in [0.2, 0.25) is 0 Å². The van der Waals surface area contributed by atoms with E-state index in [1.54, 1.807) is 12.3 Å². The van der Waals surface area contributed by atoms with Crippen LogP contribution in [0.3, 0.4) is 0 Å². The van der Waals surface area contributed by atoms with Gasteiger partial charge in [0.1, 0.15) is 11.6 Å². The highest BCUT2D eigenvalue weighted by molar-refractivity contribution is 5.90. The molecule has 0 aliphatic heterocycles. The van der Waals surface area contributed by atoms with Crippen molar-refractivity contribution >= 4 is 17.6 Å². The van der Waals surface area contributed by atoms with Crippen LogP contribution in [-0.2, 0) is 9.59 Å². The number of ether oxygens (including phenoxy) is 1. The van der Waals surface area contributed by atoms with Gasteiger partial charge in [-0.3, -0.25) is 9.59 Å². The van der Waals surface area contributed by atoms with Crippen LogP contribution >= 0.6 is 0 Å². The third kappa shape index (κ3) is 6.94. The number of rotatable bonds is 9. The molecule has 1 aliphatic carbocycles. The standard InChI is InChI=1S/C26H33N3O3/c1-18(2)23-14-20(15-25(30)29-24-11-7-8-12-27-24)19(3)13-21(23)16-28-26(31)17-32-22-9-5-4-6-10-22/h4-13,18,20-21,23H,14-17H2,1-3H3,(H,28,31)(H,27,29,30). The molecule has 2 N–H and O–H groups in total. The minimum absolute atomic E-state index is 0.00208. The highest BCUT2D eigenvalue weighted by Crippen LogP contribution is 2.38. The average molecular weight is 436 g/mol. The van der Waals surface area contributed by atoms with E-state index in [2.05, 4.69) is 42.5 Å². The molecule has 3 atom stereocenters. The molecule has 0 spiro atoms. The lowest BCUT2D eigenvalue weighted by atomic mass is 9.69. The first kappa shape index (κ1) is 23.5. The summed E-state index contributed by atoms with van der Waals surface area (Å²) in [7, 11) is 0. The molecule has 32 heavy (non-hydrogen) atoms. The zero-order valence-electron chi connectivity index (χ0n) is 19.1. The molecular formula is C26H33N3O3. The number of hydrogen-bond acceptors (Lipinski definition) is 4. The van der Waals surface area contributed by atoms with E-state index in [0.29, 0.717) is 36.4 Å². The van der Waals surface area contributed by atoms with E-state index in [-0.39, 0.29) is 30.3 Å². The topological polar surface area (TPSA) is 80.3 Å². The SMILES string of the molecule is CC1=CC(CNC(=O)COc2ccccc2)C(C(C)C)CC1CC(=O)Nc1ccccn1. The van der Waals surface area contributed by atoms with Gasteiger partial charge in [0, 0.05) is 19.2 Å². The zero-order chi connectivity index (χ0) is 22.9. The normalized spacial score (nSPS) is 20.4. The molecule has 3 unspecified atom stereocenters. The summed E-state index contributed by atoms with van der Waals surface area (Å²) < 4.78 is 5.54. The molecule has 2 aromatic rings. The molecule has 2 amide bonds. The van der Waals surface area contributed by atoms with E-state index in [0.717, 1.165) is 6.42 Å². The fraction of sp³-hybridized carbons (Fsp3) is 0.423. The summed E-state index contributed by atoms with van der Waals surface area (Å²) >= 11 is 0. The number of hydrogen-bond donors (Lipinski definition) is 2. The molecule has 1 aliphatic rings. The molecule has 170 valence electrons. The number of para-hydroxylation sites is 1. The van der Waals surface area contributed by atoms with Crippen molar-refractivity contribution in [3.63, 3.8) is 0 Å². The van der Waals surface area contributed by atoms with E-state index in [1.165, 1.54) is 5.57 Å². The second-order valence-corrected chi connectivity index (χ2v) is 8.79. The number of carbonyl (C=O) groups excluding carboxylic acids is 2. The number of allylic oxidation sites excluding steroid dienone is 1. The van der Waals surface area contributed by atoms with Crippen LogP contribution in [0.1, 0.15) is 33.6 Å². The quantitative estimate of drug-likeness (QED) is 0.570. The van der Waals surface area contributed by atoms with Gasteiger partial charge in [-0.25, -0.2) is 4.98 Å². The Kier molecular flexibility index (Phi) is 8.42. The first-order valence-electron chi connectivity index (χ1n) is 11.3. The largest absolute Gasteiger partial charge is 0.484 e. The number of nitrogens with one attached hydrogen (secondary N) is 2. The Labute approximate surface area is 190 Å². The van der Waals surface area contributed by atoms with E-state index >= 15 is 0 Å². The minimum Gasteiger partial charge on any atom is -0.484 e. The molecule has 0 radical (unpaired) electrons. The van der Waals surface area contributed by atoms with E-state index in [1.807, 2.05) is 42.5 Å². The number of amides is 2. The Balaban J connectivity index is 1.54. The van der Waals surface area contributed by atoms with Crippen LogP contribution in [0.15, 0.2) is 66.4 Å². The van der Waals surface area contributed by atoms with Crippen LogP contribution < -0.4 is 15.4 Å². The van der Waals surface area contributed by atoms with Gasteiger partial charge in [0.05, 0.1) is 0 Å². The number of benzene rings is 1. The van der Waals surface area contributed by atoms with Crippen LogP contribution in [-0.4, -0.2) is 29.9 Å². The predicted octanol–water partition coefficient (Wildman–Crippen LogP) is 4.46.